The van der Waals surface area contributed by atoms with Crippen LogP contribution >= 0.6 is 0 Å². The van der Waals surface area contributed by atoms with E-state index in [2.05, 4.69) is 9.88 Å². The second-order valence-corrected chi connectivity index (χ2v) is 5.99. The Bertz CT molecular complexity index is 678. The fourth-order valence-corrected chi connectivity index (χ4v) is 3.29. The van der Waals surface area contributed by atoms with Gasteiger partial charge in [0.2, 0.25) is 0 Å². The van der Waals surface area contributed by atoms with Crippen molar-refractivity contribution < 1.29 is 5.11 Å². The Morgan fingerprint density at radius 2 is 2.19 bits per heavy atom. The minimum atomic E-state index is -0.357. The summed E-state index contributed by atoms with van der Waals surface area (Å²) in [6.07, 6.45) is 2.93. The molecule has 0 radical (unpaired) electrons. The van der Waals surface area contributed by atoms with Gasteiger partial charge in [0.25, 0.3) is 5.56 Å². The smallest absolute Gasteiger partial charge is 0.252 e. The van der Waals surface area contributed by atoms with Crippen LogP contribution in [-0.2, 0) is 6.54 Å². The first-order chi connectivity index (χ1) is 10.1. The van der Waals surface area contributed by atoms with E-state index in [1.807, 2.05) is 37.3 Å². The average molecular weight is 286 g/mol. The molecule has 1 aromatic heterocycles. The van der Waals surface area contributed by atoms with Crippen molar-refractivity contribution in [1.82, 2.24) is 9.88 Å². The summed E-state index contributed by atoms with van der Waals surface area (Å²) in [5, 5.41) is 11.0. The lowest BCUT2D eigenvalue weighted by molar-refractivity contribution is 0.0315. The van der Waals surface area contributed by atoms with Crippen molar-refractivity contribution in [2.45, 2.75) is 44.9 Å². The normalized spacial score (nSPS) is 21.5. The van der Waals surface area contributed by atoms with E-state index in [4.69, 9.17) is 0 Å². The molecular weight excluding hydrogens is 264 g/mol. The number of aliphatic hydroxyl groups excluding tert-OH is 1. The third-order valence-electron chi connectivity index (χ3n) is 4.42. The van der Waals surface area contributed by atoms with Crippen molar-refractivity contribution in [2.24, 2.45) is 0 Å². The quantitative estimate of drug-likeness (QED) is 0.910. The van der Waals surface area contributed by atoms with Crippen LogP contribution < -0.4 is 5.56 Å². The summed E-state index contributed by atoms with van der Waals surface area (Å²) in [5.74, 6) is 0. The van der Waals surface area contributed by atoms with Crippen LogP contribution in [0.1, 0.15) is 31.7 Å². The first-order valence-corrected chi connectivity index (χ1v) is 7.68. The number of pyridine rings is 1. The van der Waals surface area contributed by atoms with Gasteiger partial charge in [-0.3, -0.25) is 9.69 Å². The van der Waals surface area contributed by atoms with Gasteiger partial charge >= 0.3 is 0 Å². The van der Waals surface area contributed by atoms with Crippen LogP contribution in [0.2, 0.25) is 0 Å². The van der Waals surface area contributed by atoms with Gasteiger partial charge in [0.15, 0.2) is 0 Å². The van der Waals surface area contributed by atoms with Crippen molar-refractivity contribution in [3.8, 4) is 0 Å². The Balaban J connectivity index is 1.89. The molecule has 0 bridgehead atoms. The fourth-order valence-electron chi connectivity index (χ4n) is 3.29. The molecule has 3 rings (SSSR count). The summed E-state index contributed by atoms with van der Waals surface area (Å²) in [5.41, 5.74) is 1.63. The second kappa shape index (κ2) is 6.00. The van der Waals surface area contributed by atoms with Gasteiger partial charge in [-0.1, -0.05) is 24.6 Å². The molecule has 2 unspecified atom stereocenters. The highest BCUT2D eigenvalue weighted by Gasteiger charge is 2.26. The molecule has 2 atom stereocenters. The van der Waals surface area contributed by atoms with Crippen molar-refractivity contribution in [2.75, 3.05) is 6.54 Å². The Morgan fingerprint density at radius 3 is 3.00 bits per heavy atom. The zero-order valence-electron chi connectivity index (χ0n) is 12.4. The lowest BCUT2D eigenvalue weighted by atomic mass is 9.97. The van der Waals surface area contributed by atoms with Crippen molar-refractivity contribution in [1.29, 1.82) is 0 Å². The maximum absolute atomic E-state index is 12.2. The number of aliphatic hydroxyl groups is 1. The monoisotopic (exact) mass is 286 g/mol. The summed E-state index contributed by atoms with van der Waals surface area (Å²) in [6.45, 7) is 3.39. The summed E-state index contributed by atoms with van der Waals surface area (Å²) < 4.78 is 0. The minimum Gasteiger partial charge on any atom is -0.392 e. The zero-order chi connectivity index (χ0) is 14.8. The number of likely N-dealkylation sites (tertiary alicyclic amines) is 1. The molecule has 112 valence electrons. The van der Waals surface area contributed by atoms with E-state index in [1.54, 1.807) is 0 Å². The molecule has 0 amide bonds. The number of aromatic nitrogens is 1. The lowest BCUT2D eigenvalue weighted by Gasteiger charge is -2.37. The van der Waals surface area contributed by atoms with Crippen LogP contribution in [0.5, 0.6) is 0 Å². The van der Waals surface area contributed by atoms with Crippen LogP contribution in [0.15, 0.2) is 35.1 Å². The minimum absolute atomic E-state index is 0.0244. The van der Waals surface area contributed by atoms with E-state index < -0.39 is 0 Å². The van der Waals surface area contributed by atoms with E-state index >= 15 is 0 Å². The molecule has 1 aromatic carbocycles. The maximum Gasteiger partial charge on any atom is 0.252 e. The summed E-state index contributed by atoms with van der Waals surface area (Å²) in [4.78, 5) is 17.4. The number of rotatable bonds is 3. The van der Waals surface area contributed by atoms with E-state index in [0.717, 1.165) is 42.3 Å². The fraction of sp³-hybridized carbons (Fsp3) is 0.471. The second-order valence-electron chi connectivity index (χ2n) is 5.99. The molecule has 1 saturated heterocycles. The molecule has 2 heterocycles. The van der Waals surface area contributed by atoms with Gasteiger partial charge in [-0.05, 0) is 43.8 Å². The predicted molar refractivity (Wildman–Crippen MR) is 84.3 cm³/mol. The zero-order valence-corrected chi connectivity index (χ0v) is 12.4. The number of benzene rings is 1. The van der Waals surface area contributed by atoms with Gasteiger partial charge < -0.3 is 10.1 Å². The number of hydrogen-bond donors (Lipinski definition) is 2. The molecule has 4 heteroatoms. The van der Waals surface area contributed by atoms with Gasteiger partial charge in [-0.25, -0.2) is 0 Å². The van der Waals surface area contributed by atoms with Crippen LogP contribution in [0.3, 0.4) is 0 Å². The molecule has 1 aliphatic heterocycles. The number of nitrogens with zero attached hydrogens (tertiary/aromatic N) is 1. The number of nitrogens with one attached hydrogen (secondary N) is 1. The molecule has 21 heavy (non-hydrogen) atoms. The highest BCUT2D eigenvalue weighted by atomic mass is 16.3. The molecule has 0 aliphatic carbocycles. The Morgan fingerprint density at radius 1 is 1.38 bits per heavy atom. The van der Waals surface area contributed by atoms with E-state index in [1.165, 1.54) is 0 Å². The Kier molecular flexibility index (Phi) is 4.08. The number of fused-ring (bicyclic) bond motifs is 1. The number of piperidine rings is 1. The first-order valence-electron chi connectivity index (χ1n) is 7.68. The lowest BCUT2D eigenvalue weighted by Crippen LogP contribution is -2.45. The largest absolute Gasteiger partial charge is 0.392 e. The average Bonchev–Trinajstić information content (AvgIpc) is 2.48. The highest BCUT2D eigenvalue weighted by molar-refractivity contribution is 5.78. The molecule has 0 saturated carbocycles. The van der Waals surface area contributed by atoms with Crippen molar-refractivity contribution in [3.63, 3.8) is 0 Å². The van der Waals surface area contributed by atoms with Gasteiger partial charge in [-0.15, -0.1) is 0 Å². The van der Waals surface area contributed by atoms with Gasteiger partial charge in [0, 0.05) is 23.7 Å². The highest BCUT2D eigenvalue weighted by Crippen LogP contribution is 2.22. The first kappa shape index (κ1) is 14.3. The summed E-state index contributed by atoms with van der Waals surface area (Å²) >= 11 is 0. The topological polar surface area (TPSA) is 56.3 Å². The van der Waals surface area contributed by atoms with Gasteiger partial charge in [-0.2, -0.15) is 0 Å². The van der Waals surface area contributed by atoms with Gasteiger partial charge in [0.1, 0.15) is 0 Å². The standard InChI is InChI=1S/C17H22N2O2/c1-12(20)16-8-4-5-9-19(16)11-14-10-13-6-2-3-7-15(13)18-17(14)21/h2-3,6-7,10,12,16,20H,4-5,8-9,11H2,1H3,(H,18,21). The van der Waals surface area contributed by atoms with E-state index in [9.17, 15) is 9.90 Å². The number of aromatic amines is 1. The molecule has 1 fully saturated rings. The van der Waals surface area contributed by atoms with Gasteiger partial charge in [0.05, 0.1) is 6.10 Å². The molecule has 0 spiro atoms. The predicted octanol–water partition coefficient (Wildman–Crippen LogP) is 2.26. The summed E-state index contributed by atoms with van der Waals surface area (Å²) in [6, 6.07) is 9.96. The Hall–Kier alpha value is -1.65. The van der Waals surface area contributed by atoms with E-state index in [-0.39, 0.29) is 17.7 Å². The number of para-hydroxylation sites is 1. The van der Waals surface area contributed by atoms with E-state index in [0.29, 0.717) is 6.54 Å². The summed E-state index contributed by atoms with van der Waals surface area (Å²) in [7, 11) is 0. The third kappa shape index (κ3) is 3.01. The molecule has 1 aliphatic rings. The van der Waals surface area contributed by atoms with Crippen LogP contribution in [0.25, 0.3) is 10.9 Å². The molecule has 2 N–H and O–H groups in total. The van der Waals surface area contributed by atoms with Crippen LogP contribution in [0, 0.1) is 0 Å². The van der Waals surface area contributed by atoms with Crippen LogP contribution in [0.4, 0.5) is 0 Å². The molecule has 2 aromatic rings. The maximum atomic E-state index is 12.2. The Labute approximate surface area is 124 Å². The molecular formula is C17H22N2O2. The van der Waals surface area contributed by atoms with Crippen molar-refractivity contribution in [3.05, 3.63) is 46.2 Å². The van der Waals surface area contributed by atoms with Crippen LogP contribution in [-0.4, -0.2) is 33.7 Å². The number of hydrogen-bond acceptors (Lipinski definition) is 3. The third-order valence-corrected chi connectivity index (χ3v) is 4.42. The SMILES string of the molecule is CC(O)C1CCCCN1Cc1cc2ccccc2[nH]c1=O. The molecule has 4 nitrogen and oxygen atoms in total. The van der Waals surface area contributed by atoms with Crippen molar-refractivity contribution >= 4 is 10.9 Å². The number of H-pyrrole nitrogens is 1.